The van der Waals surface area contributed by atoms with E-state index in [2.05, 4.69) is 82.7 Å². The Bertz CT molecular complexity index is 983. The molecule has 33 heavy (non-hydrogen) atoms. The minimum absolute atomic E-state index is 0.0149. The van der Waals surface area contributed by atoms with Gasteiger partial charge in [0.05, 0.1) is 12.9 Å². The Labute approximate surface area is 199 Å². The first-order chi connectivity index (χ1) is 15.0. The largest absolute Gasteiger partial charge is 0.414 e. The van der Waals surface area contributed by atoms with Crippen molar-refractivity contribution >= 4 is 33.6 Å². The van der Waals surface area contributed by atoms with Crippen molar-refractivity contribution < 1.29 is 18.7 Å². The Kier molecular flexibility index (Phi) is 6.90. The minimum Gasteiger partial charge on any atom is -0.414 e. The van der Waals surface area contributed by atoms with Crippen molar-refractivity contribution in [3.05, 3.63) is 12.7 Å². The number of nitrogens with two attached hydrogens (primary N) is 1. The molecular weight excluding hydrogens is 454 g/mol. The van der Waals surface area contributed by atoms with Crippen molar-refractivity contribution in [1.82, 2.24) is 19.5 Å². The van der Waals surface area contributed by atoms with E-state index < -0.39 is 41.2 Å². The molecule has 0 spiro atoms. The highest BCUT2D eigenvalue weighted by atomic mass is 28.4. The second-order valence-corrected chi connectivity index (χ2v) is 21.6. The Morgan fingerprint density at radius 3 is 2.21 bits per heavy atom. The molecule has 1 aliphatic heterocycles. The standard InChI is InChI=1S/C22H41N5O4Si2/c1-21(2,3)32(7,8)29-11-14-17(31-33(9,10)22(4,5)6)16(28)20(30-14)27-13-26-15-18(23)24-12-25-19(15)27/h12-14,16-17,20,28H,11H2,1-10H3,(H2,23,24,25)/t14-,16?,17?,20-/m1/s1. The zero-order chi connectivity index (χ0) is 25.0. The molecule has 0 saturated carbocycles. The average Bonchev–Trinajstić information content (AvgIpc) is 3.21. The van der Waals surface area contributed by atoms with Gasteiger partial charge in [-0.15, -0.1) is 0 Å². The van der Waals surface area contributed by atoms with Crippen LogP contribution in [0.1, 0.15) is 47.8 Å². The number of aromatic nitrogens is 4. The fourth-order valence-corrected chi connectivity index (χ4v) is 5.65. The fraction of sp³-hybridized carbons (Fsp3) is 0.773. The van der Waals surface area contributed by atoms with Crippen LogP contribution in [0.25, 0.3) is 11.2 Å². The van der Waals surface area contributed by atoms with E-state index in [1.807, 2.05) is 0 Å². The highest BCUT2D eigenvalue weighted by molar-refractivity contribution is 6.74. The maximum atomic E-state index is 11.4. The normalized spacial score (nSPS) is 25.2. The zero-order valence-corrected chi connectivity index (χ0v) is 23.7. The van der Waals surface area contributed by atoms with Gasteiger partial charge in [0.2, 0.25) is 0 Å². The lowest BCUT2D eigenvalue weighted by Gasteiger charge is -2.41. The highest BCUT2D eigenvalue weighted by Gasteiger charge is 2.51. The Hall–Kier alpha value is -1.38. The van der Waals surface area contributed by atoms with Gasteiger partial charge in [-0.2, -0.15) is 0 Å². The molecule has 3 N–H and O–H groups in total. The third-order valence-corrected chi connectivity index (χ3v) is 16.6. The molecule has 0 bridgehead atoms. The smallest absolute Gasteiger partial charge is 0.192 e. The van der Waals surface area contributed by atoms with Gasteiger partial charge in [-0.25, -0.2) is 15.0 Å². The van der Waals surface area contributed by atoms with Crippen LogP contribution in [-0.2, 0) is 13.6 Å². The van der Waals surface area contributed by atoms with Crippen molar-refractivity contribution in [3.8, 4) is 0 Å². The van der Waals surface area contributed by atoms with Crippen LogP contribution in [-0.4, -0.2) is 66.2 Å². The van der Waals surface area contributed by atoms with Crippen LogP contribution < -0.4 is 5.73 Å². The summed E-state index contributed by atoms with van der Waals surface area (Å²) in [7, 11) is -4.22. The van der Waals surface area contributed by atoms with Crippen molar-refractivity contribution in [3.63, 3.8) is 0 Å². The van der Waals surface area contributed by atoms with Gasteiger partial charge in [-0.05, 0) is 36.3 Å². The first-order valence-electron chi connectivity index (χ1n) is 11.5. The number of aliphatic hydroxyl groups is 1. The number of hydrogen-bond donors (Lipinski definition) is 2. The summed E-state index contributed by atoms with van der Waals surface area (Å²) in [6.45, 7) is 22.3. The number of hydrogen-bond acceptors (Lipinski definition) is 8. The van der Waals surface area contributed by atoms with Crippen LogP contribution in [0.4, 0.5) is 5.82 Å². The average molecular weight is 496 g/mol. The first kappa shape index (κ1) is 26.2. The van der Waals surface area contributed by atoms with Gasteiger partial charge in [-0.3, -0.25) is 4.57 Å². The van der Waals surface area contributed by atoms with Crippen molar-refractivity contribution in [1.29, 1.82) is 0 Å². The van der Waals surface area contributed by atoms with Crippen LogP contribution in [0.3, 0.4) is 0 Å². The monoisotopic (exact) mass is 495 g/mol. The SMILES string of the molecule is CC(C)(C)[Si](C)(C)OC[C@H]1O[C@@H](n2cnc3c(N)ncnc32)C(O)C1O[Si](C)(C)C(C)(C)C. The van der Waals surface area contributed by atoms with Gasteiger partial charge in [0.25, 0.3) is 0 Å². The van der Waals surface area contributed by atoms with E-state index >= 15 is 0 Å². The maximum Gasteiger partial charge on any atom is 0.192 e. The van der Waals surface area contributed by atoms with Crippen LogP contribution in [0.2, 0.25) is 36.3 Å². The molecule has 2 aromatic heterocycles. The number of aliphatic hydroxyl groups excluding tert-OH is 1. The Balaban J connectivity index is 1.94. The molecule has 11 heteroatoms. The van der Waals surface area contributed by atoms with Crippen LogP contribution in [0.15, 0.2) is 12.7 Å². The summed E-state index contributed by atoms with van der Waals surface area (Å²) in [5.74, 6) is 0.290. The molecule has 1 aliphatic rings. The minimum atomic E-state index is -2.20. The summed E-state index contributed by atoms with van der Waals surface area (Å²) in [5, 5.41) is 11.5. The van der Waals surface area contributed by atoms with Gasteiger partial charge in [0.1, 0.15) is 30.2 Å². The molecule has 3 rings (SSSR count). The van der Waals surface area contributed by atoms with E-state index in [0.29, 0.717) is 17.8 Å². The summed E-state index contributed by atoms with van der Waals surface area (Å²) in [4.78, 5) is 12.7. The van der Waals surface area contributed by atoms with Crippen LogP contribution in [0.5, 0.6) is 0 Å². The number of nitrogen functional groups attached to an aromatic ring is 1. The number of imidazole rings is 1. The van der Waals surface area contributed by atoms with Gasteiger partial charge in [-0.1, -0.05) is 41.5 Å². The summed E-state index contributed by atoms with van der Waals surface area (Å²) in [5.41, 5.74) is 6.96. The lowest BCUT2D eigenvalue weighted by atomic mass is 10.1. The molecule has 0 radical (unpaired) electrons. The molecule has 3 heterocycles. The molecule has 0 aliphatic carbocycles. The van der Waals surface area contributed by atoms with Crippen molar-refractivity contribution in [2.75, 3.05) is 12.3 Å². The summed E-state index contributed by atoms with van der Waals surface area (Å²) >= 11 is 0. The lowest BCUT2D eigenvalue weighted by molar-refractivity contribution is -0.0487. The molecule has 2 unspecified atom stereocenters. The van der Waals surface area contributed by atoms with E-state index in [1.165, 1.54) is 6.33 Å². The van der Waals surface area contributed by atoms with Gasteiger partial charge >= 0.3 is 0 Å². The molecule has 2 aromatic rings. The predicted molar refractivity (Wildman–Crippen MR) is 135 cm³/mol. The maximum absolute atomic E-state index is 11.4. The predicted octanol–water partition coefficient (Wildman–Crippen LogP) is 4.08. The molecule has 4 atom stereocenters. The van der Waals surface area contributed by atoms with Gasteiger partial charge < -0.3 is 24.4 Å². The van der Waals surface area contributed by atoms with Gasteiger partial charge in [0.15, 0.2) is 34.3 Å². The van der Waals surface area contributed by atoms with Crippen LogP contribution in [0, 0.1) is 0 Å². The number of nitrogens with zero attached hydrogens (tertiary/aromatic N) is 4. The number of rotatable bonds is 6. The highest BCUT2D eigenvalue weighted by Crippen LogP contribution is 2.43. The number of fused-ring (bicyclic) bond motifs is 1. The molecule has 9 nitrogen and oxygen atoms in total. The fourth-order valence-electron chi connectivity index (χ4n) is 3.31. The molecule has 1 saturated heterocycles. The topological polar surface area (TPSA) is 118 Å². The van der Waals surface area contributed by atoms with E-state index in [-0.39, 0.29) is 15.9 Å². The molecule has 0 amide bonds. The second-order valence-electron chi connectivity index (χ2n) is 12.1. The molecule has 186 valence electrons. The molecule has 0 aromatic carbocycles. The van der Waals surface area contributed by atoms with E-state index in [1.54, 1.807) is 10.9 Å². The summed E-state index contributed by atoms with van der Waals surface area (Å²) in [6, 6.07) is 0. The number of ether oxygens (including phenoxy) is 1. The third-order valence-electron chi connectivity index (χ3n) is 7.62. The molecular formula is C22H41N5O4Si2. The first-order valence-corrected chi connectivity index (χ1v) is 17.4. The van der Waals surface area contributed by atoms with E-state index in [9.17, 15) is 5.11 Å². The third kappa shape index (κ3) is 5.03. The number of anilines is 1. The van der Waals surface area contributed by atoms with Gasteiger partial charge in [0, 0.05) is 0 Å². The Morgan fingerprint density at radius 1 is 1.03 bits per heavy atom. The van der Waals surface area contributed by atoms with Crippen molar-refractivity contribution in [2.45, 2.75) is 102 Å². The lowest BCUT2D eigenvalue weighted by Crippen LogP contribution is -2.51. The summed E-state index contributed by atoms with van der Waals surface area (Å²) < 4.78 is 21.3. The van der Waals surface area contributed by atoms with Crippen LogP contribution >= 0.6 is 0 Å². The second kappa shape index (κ2) is 8.69. The summed E-state index contributed by atoms with van der Waals surface area (Å²) in [6.07, 6.45) is 0.387. The zero-order valence-electron chi connectivity index (χ0n) is 21.7. The van der Waals surface area contributed by atoms with E-state index in [0.717, 1.165) is 0 Å². The quantitative estimate of drug-likeness (QED) is 0.576. The van der Waals surface area contributed by atoms with E-state index in [4.69, 9.17) is 19.3 Å². The molecule has 1 fully saturated rings. The van der Waals surface area contributed by atoms with Crippen molar-refractivity contribution in [2.24, 2.45) is 0 Å². The Morgan fingerprint density at radius 2 is 1.64 bits per heavy atom.